The van der Waals surface area contributed by atoms with Gasteiger partial charge in [-0.15, -0.1) is 0 Å². The molecule has 1 spiro atoms. The van der Waals surface area contributed by atoms with Crippen molar-refractivity contribution in [3.63, 3.8) is 0 Å². The molecule has 0 unspecified atom stereocenters. The lowest BCUT2D eigenvalue weighted by molar-refractivity contribution is 0.00331. The molecule has 2 heterocycles. The molecule has 0 bridgehead atoms. The van der Waals surface area contributed by atoms with Crippen LogP contribution in [0.3, 0.4) is 0 Å². The van der Waals surface area contributed by atoms with Crippen molar-refractivity contribution in [2.75, 3.05) is 19.6 Å². The summed E-state index contributed by atoms with van der Waals surface area (Å²) in [5.74, 6) is 0.0650. The van der Waals surface area contributed by atoms with Gasteiger partial charge in [0, 0.05) is 31.5 Å². The van der Waals surface area contributed by atoms with Crippen molar-refractivity contribution < 1.29 is 14.3 Å². The lowest BCUT2D eigenvalue weighted by Crippen LogP contribution is -2.48. The maximum Gasteiger partial charge on any atom is 0.407 e. The maximum absolute atomic E-state index is 12.5. The zero-order valence-corrected chi connectivity index (χ0v) is 12.9. The van der Waals surface area contributed by atoms with Crippen LogP contribution in [-0.2, 0) is 11.2 Å². The number of piperidine rings is 1. The highest BCUT2D eigenvalue weighted by atomic mass is 16.6. The highest BCUT2D eigenvalue weighted by Crippen LogP contribution is 2.29. The molecule has 0 saturated carbocycles. The van der Waals surface area contributed by atoms with Crippen LogP contribution < -0.4 is 5.32 Å². The Morgan fingerprint density at radius 3 is 2.50 bits per heavy atom. The Bertz CT molecular complexity index is 560. The highest BCUT2D eigenvalue weighted by Gasteiger charge is 2.43. The first-order valence-electron chi connectivity index (χ1n) is 7.97. The summed E-state index contributed by atoms with van der Waals surface area (Å²) < 4.78 is 5.38. The lowest BCUT2D eigenvalue weighted by Gasteiger charge is -2.37. The van der Waals surface area contributed by atoms with E-state index in [1.54, 1.807) is 0 Å². The van der Waals surface area contributed by atoms with Crippen LogP contribution in [0.4, 0.5) is 4.79 Å². The van der Waals surface area contributed by atoms with Gasteiger partial charge in [0.25, 0.3) is 5.91 Å². The molecule has 118 valence electrons. The second-order valence-electron chi connectivity index (χ2n) is 6.17. The van der Waals surface area contributed by atoms with E-state index in [9.17, 15) is 9.59 Å². The topological polar surface area (TPSA) is 58.6 Å². The highest BCUT2D eigenvalue weighted by molar-refractivity contribution is 5.94. The van der Waals surface area contributed by atoms with Gasteiger partial charge in [-0.1, -0.05) is 25.5 Å². The number of rotatable bonds is 3. The van der Waals surface area contributed by atoms with Crippen molar-refractivity contribution in [1.82, 2.24) is 10.2 Å². The molecule has 0 radical (unpaired) electrons. The molecule has 1 aromatic rings. The first-order valence-corrected chi connectivity index (χ1v) is 7.97. The maximum atomic E-state index is 12.5. The molecule has 2 aliphatic rings. The van der Waals surface area contributed by atoms with Gasteiger partial charge in [-0.3, -0.25) is 4.79 Å². The molecular formula is C17H22N2O3. The normalized spacial score (nSPS) is 19.9. The molecule has 2 fully saturated rings. The Labute approximate surface area is 130 Å². The minimum absolute atomic E-state index is 0.0650. The summed E-state index contributed by atoms with van der Waals surface area (Å²) >= 11 is 0. The number of carbonyl (C=O) groups is 2. The van der Waals surface area contributed by atoms with Crippen LogP contribution in [0.2, 0.25) is 0 Å². The number of amides is 2. The number of hydrogen-bond donors (Lipinski definition) is 1. The summed E-state index contributed by atoms with van der Waals surface area (Å²) in [5, 5.41) is 2.71. The first kappa shape index (κ1) is 14.9. The van der Waals surface area contributed by atoms with E-state index in [0.29, 0.717) is 32.5 Å². The van der Waals surface area contributed by atoms with E-state index >= 15 is 0 Å². The number of hydrogen-bond acceptors (Lipinski definition) is 3. The summed E-state index contributed by atoms with van der Waals surface area (Å²) in [4.78, 5) is 25.6. The third-order valence-electron chi connectivity index (χ3n) is 4.57. The SMILES string of the molecule is CCCc1ccc(C(=O)N2CCC3(CC2)CNC(=O)O3)cc1. The van der Waals surface area contributed by atoms with Crippen molar-refractivity contribution in [2.45, 2.75) is 38.2 Å². The fraction of sp³-hybridized carbons (Fsp3) is 0.529. The van der Waals surface area contributed by atoms with Gasteiger partial charge in [-0.2, -0.15) is 0 Å². The van der Waals surface area contributed by atoms with Gasteiger partial charge in [0.15, 0.2) is 0 Å². The quantitative estimate of drug-likeness (QED) is 0.932. The smallest absolute Gasteiger partial charge is 0.407 e. The predicted octanol–water partition coefficient (Wildman–Crippen LogP) is 2.35. The number of ether oxygens (including phenoxy) is 1. The monoisotopic (exact) mass is 302 g/mol. The number of benzene rings is 1. The Morgan fingerprint density at radius 2 is 1.95 bits per heavy atom. The zero-order chi connectivity index (χ0) is 15.6. The summed E-state index contributed by atoms with van der Waals surface area (Å²) in [6, 6.07) is 7.89. The molecule has 1 aromatic carbocycles. The molecule has 2 amide bonds. The molecule has 0 atom stereocenters. The number of likely N-dealkylation sites (tertiary alicyclic amines) is 1. The average Bonchev–Trinajstić information content (AvgIpc) is 2.89. The lowest BCUT2D eigenvalue weighted by atomic mass is 9.91. The first-order chi connectivity index (χ1) is 10.6. The fourth-order valence-electron chi connectivity index (χ4n) is 3.18. The van der Waals surface area contributed by atoms with Crippen LogP contribution in [0.15, 0.2) is 24.3 Å². The van der Waals surface area contributed by atoms with Crippen LogP contribution in [0.1, 0.15) is 42.1 Å². The van der Waals surface area contributed by atoms with E-state index in [4.69, 9.17) is 4.74 Å². The standard InChI is InChI=1S/C17H22N2O3/c1-2-3-13-4-6-14(7-5-13)15(20)19-10-8-17(9-11-19)12-18-16(21)22-17/h4-7H,2-3,8-12H2,1H3,(H,18,21). The molecule has 2 aliphatic heterocycles. The van der Waals surface area contributed by atoms with Gasteiger partial charge in [0.2, 0.25) is 0 Å². The molecule has 1 N–H and O–H groups in total. The predicted molar refractivity (Wildman–Crippen MR) is 82.8 cm³/mol. The summed E-state index contributed by atoms with van der Waals surface area (Å²) in [7, 11) is 0. The second kappa shape index (κ2) is 5.99. The minimum Gasteiger partial charge on any atom is -0.441 e. The molecule has 22 heavy (non-hydrogen) atoms. The van der Waals surface area contributed by atoms with Gasteiger partial charge >= 0.3 is 6.09 Å². The zero-order valence-electron chi connectivity index (χ0n) is 12.9. The number of alkyl carbamates (subject to hydrolysis) is 1. The van der Waals surface area contributed by atoms with E-state index in [-0.39, 0.29) is 12.0 Å². The molecule has 0 aliphatic carbocycles. The second-order valence-corrected chi connectivity index (χ2v) is 6.17. The molecule has 3 rings (SSSR count). The van der Waals surface area contributed by atoms with E-state index in [1.165, 1.54) is 5.56 Å². The van der Waals surface area contributed by atoms with Crippen LogP contribution in [-0.4, -0.2) is 42.1 Å². The average molecular weight is 302 g/mol. The van der Waals surface area contributed by atoms with Crippen LogP contribution in [0, 0.1) is 0 Å². The molecule has 5 nitrogen and oxygen atoms in total. The van der Waals surface area contributed by atoms with E-state index in [2.05, 4.69) is 12.2 Å². The van der Waals surface area contributed by atoms with Gasteiger partial charge in [-0.25, -0.2) is 4.79 Å². The van der Waals surface area contributed by atoms with Gasteiger partial charge in [0.1, 0.15) is 5.60 Å². The Balaban J connectivity index is 1.61. The largest absolute Gasteiger partial charge is 0.441 e. The Kier molecular flexibility index (Phi) is 4.05. The van der Waals surface area contributed by atoms with E-state index in [0.717, 1.165) is 18.4 Å². The molecule has 0 aromatic heterocycles. The van der Waals surface area contributed by atoms with E-state index in [1.807, 2.05) is 29.2 Å². The molecular weight excluding hydrogens is 280 g/mol. The van der Waals surface area contributed by atoms with Crippen molar-refractivity contribution in [3.05, 3.63) is 35.4 Å². The van der Waals surface area contributed by atoms with Crippen LogP contribution >= 0.6 is 0 Å². The number of nitrogens with zero attached hydrogens (tertiary/aromatic N) is 1. The summed E-state index contributed by atoms with van der Waals surface area (Å²) in [6.07, 6.45) is 3.20. The van der Waals surface area contributed by atoms with Crippen LogP contribution in [0.5, 0.6) is 0 Å². The summed E-state index contributed by atoms with van der Waals surface area (Å²) in [6.45, 7) is 3.96. The number of carbonyl (C=O) groups excluding carboxylic acids is 2. The summed E-state index contributed by atoms with van der Waals surface area (Å²) in [5.41, 5.74) is 1.59. The Hall–Kier alpha value is -2.04. The molecule has 5 heteroatoms. The van der Waals surface area contributed by atoms with Crippen molar-refractivity contribution in [3.8, 4) is 0 Å². The fourth-order valence-corrected chi connectivity index (χ4v) is 3.18. The van der Waals surface area contributed by atoms with Gasteiger partial charge in [-0.05, 0) is 24.1 Å². The number of aryl methyl sites for hydroxylation is 1. The van der Waals surface area contributed by atoms with Crippen molar-refractivity contribution >= 4 is 12.0 Å². The Morgan fingerprint density at radius 1 is 1.27 bits per heavy atom. The third-order valence-corrected chi connectivity index (χ3v) is 4.57. The van der Waals surface area contributed by atoms with E-state index < -0.39 is 5.60 Å². The minimum atomic E-state index is -0.404. The third kappa shape index (κ3) is 2.93. The van der Waals surface area contributed by atoms with Crippen LogP contribution in [0.25, 0.3) is 0 Å². The van der Waals surface area contributed by atoms with Gasteiger partial charge < -0.3 is 15.0 Å². The number of nitrogens with one attached hydrogen (secondary N) is 1. The van der Waals surface area contributed by atoms with Gasteiger partial charge in [0.05, 0.1) is 6.54 Å². The molecule has 2 saturated heterocycles. The van der Waals surface area contributed by atoms with Crippen molar-refractivity contribution in [1.29, 1.82) is 0 Å². The van der Waals surface area contributed by atoms with Crippen molar-refractivity contribution in [2.24, 2.45) is 0 Å².